The molecule has 158 valence electrons. The number of halogens is 1. The Morgan fingerprint density at radius 3 is 2.10 bits per heavy atom. The Morgan fingerprint density at radius 2 is 1.59 bits per heavy atom. The minimum atomic E-state index is -0.407. The van der Waals surface area contributed by atoms with Gasteiger partial charge in [0.15, 0.2) is 0 Å². The number of anilines is 1. The molecule has 0 bridgehead atoms. The van der Waals surface area contributed by atoms with E-state index < -0.39 is 6.09 Å². The molecule has 29 heavy (non-hydrogen) atoms. The Kier molecular flexibility index (Phi) is 9.99. The van der Waals surface area contributed by atoms with Gasteiger partial charge in [-0.25, -0.2) is 4.79 Å². The zero-order valence-corrected chi connectivity index (χ0v) is 17.9. The van der Waals surface area contributed by atoms with E-state index in [1.54, 1.807) is 38.4 Å². The molecule has 0 saturated heterocycles. The highest BCUT2D eigenvalue weighted by Gasteiger charge is 2.11. The lowest BCUT2D eigenvalue weighted by Crippen LogP contribution is -2.25. The van der Waals surface area contributed by atoms with Crippen LogP contribution in [-0.2, 0) is 4.79 Å². The van der Waals surface area contributed by atoms with E-state index in [1.165, 1.54) is 11.8 Å². The lowest BCUT2D eigenvalue weighted by Gasteiger charge is -2.18. The van der Waals surface area contributed by atoms with Gasteiger partial charge in [0.1, 0.15) is 11.5 Å². The van der Waals surface area contributed by atoms with Crippen LogP contribution >= 0.6 is 12.4 Å². The molecule has 0 heterocycles. The van der Waals surface area contributed by atoms with Crippen LogP contribution in [0.2, 0.25) is 0 Å². The summed E-state index contributed by atoms with van der Waals surface area (Å²) in [5, 5.41) is 5.99. The second-order valence-electron chi connectivity index (χ2n) is 6.52. The molecule has 0 saturated carbocycles. The number of rotatable bonds is 8. The largest absolute Gasteiger partial charge is 0.494 e. The van der Waals surface area contributed by atoms with Crippen LogP contribution in [0.25, 0.3) is 0 Å². The second-order valence-corrected chi connectivity index (χ2v) is 6.52. The van der Waals surface area contributed by atoms with Crippen molar-refractivity contribution >= 4 is 30.1 Å². The Morgan fingerprint density at radius 1 is 1.00 bits per heavy atom. The quantitative estimate of drug-likeness (QED) is 0.676. The SMILES string of the molecule is CNC(CCOc1ccc(NC(C)=O)cc1)c1ccc(OC(=O)N(C)C)cc1.Cl. The predicted molar refractivity (Wildman–Crippen MR) is 116 cm³/mol. The maximum atomic E-state index is 11.6. The van der Waals surface area contributed by atoms with Crippen LogP contribution in [0.5, 0.6) is 11.5 Å². The number of carbonyl (C=O) groups excluding carboxylic acids is 2. The van der Waals surface area contributed by atoms with Gasteiger partial charge in [0, 0.05) is 39.2 Å². The third kappa shape index (κ3) is 8.01. The third-order valence-electron chi connectivity index (χ3n) is 4.05. The molecule has 0 aliphatic carbocycles. The van der Waals surface area contributed by atoms with Gasteiger partial charge in [-0.15, -0.1) is 12.4 Å². The first-order valence-electron chi connectivity index (χ1n) is 9.06. The van der Waals surface area contributed by atoms with Crippen molar-refractivity contribution in [2.24, 2.45) is 0 Å². The monoisotopic (exact) mass is 421 g/mol. The lowest BCUT2D eigenvalue weighted by atomic mass is 10.0. The Labute approximate surface area is 177 Å². The number of amides is 2. The predicted octanol–water partition coefficient (Wildman–Crippen LogP) is 3.86. The topological polar surface area (TPSA) is 79.9 Å². The minimum absolute atomic E-state index is 0. The highest BCUT2D eigenvalue weighted by Crippen LogP contribution is 2.22. The summed E-state index contributed by atoms with van der Waals surface area (Å²) < 4.78 is 11.0. The molecule has 0 aliphatic rings. The van der Waals surface area contributed by atoms with Gasteiger partial charge >= 0.3 is 6.09 Å². The molecule has 8 heteroatoms. The van der Waals surface area contributed by atoms with E-state index in [1.807, 2.05) is 31.3 Å². The molecule has 7 nitrogen and oxygen atoms in total. The fraction of sp³-hybridized carbons (Fsp3) is 0.333. The number of hydrogen-bond acceptors (Lipinski definition) is 5. The van der Waals surface area contributed by atoms with Crippen LogP contribution in [0, 0.1) is 0 Å². The van der Waals surface area contributed by atoms with Crippen molar-refractivity contribution in [1.82, 2.24) is 10.2 Å². The van der Waals surface area contributed by atoms with Gasteiger partial charge < -0.3 is 25.0 Å². The van der Waals surface area contributed by atoms with Crippen LogP contribution in [-0.4, -0.2) is 44.7 Å². The highest BCUT2D eigenvalue weighted by molar-refractivity contribution is 5.88. The number of carbonyl (C=O) groups is 2. The first-order chi connectivity index (χ1) is 13.4. The Balaban J connectivity index is 0.00000420. The molecule has 0 aliphatic heterocycles. The van der Waals surface area contributed by atoms with Crippen LogP contribution in [0.15, 0.2) is 48.5 Å². The van der Waals surface area contributed by atoms with Crippen LogP contribution in [0.4, 0.5) is 10.5 Å². The van der Waals surface area contributed by atoms with Gasteiger partial charge in [-0.05, 0) is 49.0 Å². The number of nitrogens with one attached hydrogen (secondary N) is 2. The summed E-state index contributed by atoms with van der Waals surface area (Å²) in [5.74, 6) is 1.15. The summed E-state index contributed by atoms with van der Waals surface area (Å²) in [6, 6.07) is 14.8. The van der Waals surface area contributed by atoms with Gasteiger partial charge in [-0.3, -0.25) is 4.79 Å². The van der Waals surface area contributed by atoms with E-state index in [-0.39, 0.29) is 24.4 Å². The maximum absolute atomic E-state index is 11.6. The van der Waals surface area contributed by atoms with Crippen molar-refractivity contribution in [3.05, 3.63) is 54.1 Å². The molecular weight excluding hydrogens is 394 g/mol. The van der Waals surface area contributed by atoms with E-state index in [4.69, 9.17) is 9.47 Å². The van der Waals surface area contributed by atoms with Crippen LogP contribution in [0.1, 0.15) is 24.9 Å². The molecule has 0 fully saturated rings. The van der Waals surface area contributed by atoms with Crippen molar-refractivity contribution < 1.29 is 19.1 Å². The van der Waals surface area contributed by atoms with Crippen molar-refractivity contribution in [2.45, 2.75) is 19.4 Å². The molecule has 0 aromatic heterocycles. The molecule has 1 unspecified atom stereocenters. The average Bonchev–Trinajstić information content (AvgIpc) is 2.67. The molecule has 2 aromatic carbocycles. The van der Waals surface area contributed by atoms with E-state index in [9.17, 15) is 9.59 Å². The van der Waals surface area contributed by atoms with Crippen LogP contribution in [0.3, 0.4) is 0 Å². The molecule has 1 atom stereocenters. The molecule has 2 aromatic rings. The minimum Gasteiger partial charge on any atom is -0.494 e. The van der Waals surface area contributed by atoms with E-state index in [0.29, 0.717) is 12.4 Å². The molecule has 0 spiro atoms. The molecular formula is C21H28ClN3O4. The summed E-state index contributed by atoms with van der Waals surface area (Å²) in [4.78, 5) is 24.0. The molecule has 2 rings (SSSR count). The zero-order chi connectivity index (χ0) is 20.5. The van der Waals surface area contributed by atoms with Crippen molar-refractivity contribution in [1.29, 1.82) is 0 Å². The first kappa shape index (κ1) is 24.3. The lowest BCUT2D eigenvalue weighted by molar-refractivity contribution is -0.114. The van der Waals surface area contributed by atoms with Gasteiger partial charge in [-0.2, -0.15) is 0 Å². The van der Waals surface area contributed by atoms with Gasteiger partial charge in [-0.1, -0.05) is 12.1 Å². The van der Waals surface area contributed by atoms with Crippen molar-refractivity contribution in [3.8, 4) is 11.5 Å². The smallest absolute Gasteiger partial charge is 0.414 e. The van der Waals surface area contributed by atoms with Crippen molar-refractivity contribution in [3.63, 3.8) is 0 Å². The maximum Gasteiger partial charge on any atom is 0.414 e. The fourth-order valence-electron chi connectivity index (χ4n) is 2.57. The molecule has 2 N–H and O–H groups in total. The normalized spacial score (nSPS) is 11.0. The Hall–Kier alpha value is -2.77. The van der Waals surface area contributed by atoms with E-state index >= 15 is 0 Å². The highest BCUT2D eigenvalue weighted by atomic mass is 35.5. The molecule has 2 amide bonds. The number of benzene rings is 2. The first-order valence-corrected chi connectivity index (χ1v) is 9.06. The van der Waals surface area contributed by atoms with Gasteiger partial charge in [0.2, 0.25) is 5.91 Å². The van der Waals surface area contributed by atoms with Gasteiger partial charge in [0.05, 0.1) is 6.61 Å². The summed E-state index contributed by atoms with van der Waals surface area (Å²) in [7, 11) is 5.18. The summed E-state index contributed by atoms with van der Waals surface area (Å²) in [6.07, 6.45) is 0.358. The standard InChI is InChI=1S/C21H27N3O4.ClH/c1-15(25)23-17-7-11-18(12-8-17)27-14-13-20(22-2)16-5-9-19(10-6-16)28-21(26)24(3)4;/h5-12,20,22H,13-14H2,1-4H3,(H,23,25);1H. The zero-order valence-electron chi connectivity index (χ0n) is 17.1. The van der Waals surface area contributed by atoms with Crippen LogP contribution < -0.4 is 20.1 Å². The number of nitrogens with zero attached hydrogens (tertiary/aromatic N) is 1. The summed E-state index contributed by atoms with van der Waals surface area (Å²) in [6.45, 7) is 2.00. The van der Waals surface area contributed by atoms with E-state index in [0.717, 1.165) is 23.4 Å². The summed E-state index contributed by atoms with van der Waals surface area (Å²) >= 11 is 0. The number of hydrogen-bond donors (Lipinski definition) is 2. The van der Waals surface area contributed by atoms with Crippen molar-refractivity contribution in [2.75, 3.05) is 33.1 Å². The fourth-order valence-corrected chi connectivity index (χ4v) is 2.57. The van der Waals surface area contributed by atoms with Gasteiger partial charge in [0.25, 0.3) is 0 Å². The molecule has 0 radical (unpaired) electrons. The Bertz CT molecular complexity index is 780. The summed E-state index contributed by atoms with van der Waals surface area (Å²) in [5.41, 5.74) is 1.82. The number of ether oxygens (including phenoxy) is 2. The van der Waals surface area contributed by atoms with E-state index in [2.05, 4.69) is 10.6 Å². The third-order valence-corrected chi connectivity index (χ3v) is 4.05. The second kappa shape index (κ2) is 11.9. The average molecular weight is 422 g/mol.